The molecule has 3 rings (SSSR count). The van der Waals surface area contributed by atoms with Crippen LogP contribution in [-0.2, 0) is 4.79 Å². The number of nitrogens with zero attached hydrogens (tertiary/aromatic N) is 2. The van der Waals surface area contributed by atoms with E-state index in [0.717, 1.165) is 27.6 Å². The summed E-state index contributed by atoms with van der Waals surface area (Å²) in [6.07, 6.45) is 0. The molecule has 3 aromatic rings. The summed E-state index contributed by atoms with van der Waals surface area (Å²) in [6, 6.07) is 15.6. The molecular weight excluding hydrogens is 320 g/mol. The van der Waals surface area contributed by atoms with E-state index in [1.807, 2.05) is 74.4 Å². The zero-order chi connectivity index (χ0) is 17.1. The van der Waals surface area contributed by atoms with Gasteiger partial charge in [-0.1, -0.05) is 23.9 Å². The Balaban J connectivity index is 1.63. The summed E-state index contributed by atoms with van der Waals surface area (Å²) in [5.41, 5.74) is 3.78. The van der Waals surface area contributed by atoms with Gasteiger partial charge in [-0.25, -0.2) is 4.98 Å². The minimum absolute atomic E-state index is 0.0435. The van der Waals surface area contributed by atoms with Crippen LogP contribution in [0, 0.1) is 0 Å². The van der Waals surface area contributed by atoms with Crippen molar-refractivity contribution in [2.75, 3.05) is 24.3 Å². The number of aromatic nitrogens is 2. The van der Waals surface area contributed by atoms with Gasteiger partial charge in [0.25, 0.3) is 0 Å². The van der Waals surface area contributed by atoms with Crippen LogP contribution in [0.2, 0.25) is 0 Å². The lowest BCUT2D eigenvalue weighted by atomic mass is 10.2. The van der Waals surface area contributed by atoms with Crippen molar-refractivity contribution in [2.24, 2.45) is 0 Å². The van der Waals surface area contributed by atoms with Gasteiger partial charge in [-0.3, -0.25) is 4.79 Å². The molecule has 0 aliphatic heterocycles. The largest absolute Gasteiger partial charge is 0.378 e. The first-order valence-corrected chi connectivity index (χ1v) is 8.60. The summed E-state index contributed by atoms with van der Waals surface area (Å²) >= 11 is 1.42. The molecule has 0 saturated carbocycles. The normalized spacial score (nSPS) is 12.1. The molecule has 0 spiro atoms. The highest BCUT2D eigenvalue weighted by molar-refractivity contribution is 8.00. The number of nitrogens with one attached hydrogen (secondary N) is 2. The van der Waals surface area contributed by atoms with Crippen LogP contribution in [0.5, 0.6) is 0 Å². The number of anilines is 2. The third kappa shape index (κ3) is 3.71. The number of thioether (sulfide) groups is 1. The van der Waals surface area contributed by atoms with Gasteiger partial charge in [0, 0.05) is 25.5 Å². The molecule has 2 N–H and O–H groups in total. The topological polar surface area (TPSA) is 61.0 Å². The van der Waals surface area contributed by atoms with E-state index >= 15 is 0 Å². The second-order valence-electron chi connectivity index (χ2n) is 5.75. The predicted octanol–water partition coefficient (Wildman–Crippen LogP) is 3.75. The fraction of sp³-hybridized carbons (Fsp3) is 0.222. The number of para-hydroxylation sites is 2. The van der Waals surface area contributed by atoms with Gasteiger partial charge in [0.1, 0.15) is 0 Å². The van der Waals surface area contributed by atoms with E-state index in [4.69, 9.17) is 0 Å². The molecule has 6 heteroatoms. The summed E-state index contributed by atoms with van der Waals surface area (Å²) in [5, 5.41) is 3.44. The van der Waals surface area contributed by atoms with Crippen LogP contribution < -0.4 is 10.2 Å². The monoisotopic (exact) mass is 340 g/mol. The molecule has 24 heavy (non-hydrogen) atoms. The molecule has 0 radical (unpaired) electrons. The van der Waals surface area contributed by atoms with Crippen molar-refractivity contribution in [3.05, 3.63) is 48.5 Å². The number of hydrogen-bond donors (Lipinski definition) is 2. The first-order valence-electron chi connectivity index (χ1n) is 7.72. The maximum atomic E-state index is 12.4. The highest BCUT2D eigenvalue weighted by atomic mass is 32.2. The van der Waals surface area contributed by atoms with Crippen molar-refractivity contribution >= 4 is 40.1 Å². The van der Waals surface area contributed by atoms with Gasteiger partial charge in [0.05, 0.1) is 16.3 Å². The van der Waals surface area contributed by atoms with E-state index in [1.54, 1.807) is 0 Å². The van der Waals surface area contributed by atoms with Gasteiger partial charge in [-0.05, 0) is 43.3 Å². The molecule has 1 heterocycles. The average Bonchev–Trinajstić information content (AvgIpc) is 2.97. The summed E-state index contributed by atoms with van der Waals surface area (Å²) in [6.45, 7) is 1.88. The Morgan fingerprint density at radius 2 is 1.88 bits per heavy atom. The quantitative estimate of drug-likeness (QED) is 0.695. The number of H-pyrrole nitrogens is 1. The molecule has 0 aliphatic rings. The van der Waals surface area contributed by atoms with Gasteiger partial charge >= 0.3 is 0 Å². The molecule has 0 bridgehead atoms. The van der Waals surface area contributed by atoms with E-state index in [1.165, 1.54) is 11.8 Å². The fourth-order valence-corrected chi connectivity index (χ4v) is 3.11. The Labute approximate surface area is 145 Å². The van der Waals surface area contributed by atoms with Crippen LogP contribution in [0.3, 0.4) is 0 Å². The molecule has 1 aromatic heterocycles. The second-order valence-corrected chi connectivity index (χ2v) is 7.08. The van der Waals surface area contributed by atoms with Crippen molar-refractivity contribution in [1.82, 2.24) is 9.97 Å². The fourth-order valence-electron chi connectivity index (χ4n) is 2.29. The number of imidazole rings is 1. The molecule has 2 aromatic carbocycles. The number of benzene rings is 2. The van der Waals surface area contributed by atoms with Gasteiger partial charge < -0.3 is 15.2 Å². The SMILES string of the molecule is C[C@H](Sc1nc2ccccc2[nH]1)C(=O)Nc1ccc(N(C)C)cc1. The van der Waals surface area contributed by atoms with Crippen molar-refractivity contribution in [3.8, 4) is 0 Å². The van der Waals surface area contributed by atoms with E-state index in [2.05, 4.69) is 15.3 Å². The van der Waals surface area contributed by atoms with Crippen LogP contribution in [0.4, 0.5) is 11.4 Å². The lowest BCUT2D eigenvalue weighted by Crippen LogP contribution is -2.22. The third-order valence-electron chi connectivity index (χ3n) is 3.68. The molecule has 0 aliphatic carbocycles. The molecule has 0 unspecified atom stereocenters. The molecule has 0 fully saturated rings. The van der Waals surface area contributed by atoms with E-state index < -0.39 is 0 Å². The van der Waals surface area contributed by atoms with Crippen LogP contribution >= 0.6 is 11.8 Å². The van der Waals surface area contributed by atoms with Crippen molar-refractivity contribution in [3.63, 3.8) is 0 Å². The van der Waals surface area contributed by atoms with E-state index in [0.29, 0.717) is 0 Å². The van der Waals surface area contributed by atoms with Gasteiger partial charge in [-0.2, -0.15) is 0 Å². The number of carbonyl (C=O) groups is 1. The minimum atomic E-state index is -0.251. The Morgan fingerprint density at radius 1 is 1.17 bits per heavy atom. The van der Waals surface area contributed by atoms with Crippen LogP contribution in [-0.4, -0.2) is 35.2 Å². The number of hydrogen-bond acceptors (Lipinski definition) is 4. The minimum Gasteiger partial charge on any atom is -0.378 e. The summed E-state index contributed by atoms with van der Waals surface area (Å²) in [5.74, 6) is -0.0435. The number of amides is 1. The van der Waals surface area contributed by atoms with Crippen molar-refractivity contribution < 1.29 is 4.79 Å². The number of rotatable bonds is 5. The standard InChI is InChI=1S/C18H20N4OS/c1-12(24-18-20-15-6-4-5-7-16(15)21-18)17(23)19-13-8-10-14(11-9-13)22(2)3/h4-12H,1-3H3,(H,19,23)(H,20,21)/t12-/m0/s1. The van der Waals surface area contributed by atoms with E-state index in [9.17, 15) is 4.79 Å². The predicted molar refractivity (Wildman–Crippen MR) is 101 cm³/mol. The molecule has 1 atom stereocenters. The average molecular weight is 340 g/mol. The molecular formula is C18H20N4OS. The highest BCUT2D eigenvalue weighted by Crippen LogP contribution is 2.24. The first-order chi connectivity index (χ1) is 11.5. The molecule has 1 amide bonds. The molecule has 0 saturated heterocycles. The number of carbonyl (C=O) groups excluding carboxylic acids is 1. The Bertz CT molecular complexity index is 809. The Morgan fingerprint density at radius 3 is 2.54 bits per heavy atom. The maximum absolute atomic E-state index is 12.4. The number of aromatic amines is 1. The maximum Gasteiger partial charge on any atom is 0.237 e. The van der Waals surface area contributed by atoms with Gasteiger partial charge in [0.2, 0.25) is 5.91 Å². The molecule has 5 nitrogen and oxygen atoms in total. The van der Waals surface area contributed by atoms with Crippen molar-refractivity contribution in [1.29, 1.82) is 0 Å². The first kappa shape index (κ1) is 16.4. The van der Waals surface area contributed by atoms with Crippen LogP contribution in [0.15, 0.2) is 53.7 Å². The summed E-state index contributed by atoms with van der Waals surface area (Å²) in [4.78, 5) is 22.1. The van der Waals surface area contributed by atoms with E-state index in [-0.39, 0.29) is 11.2 Å². The zero-order valence-electron chi connectivity index (χ0n) is 13.9. The Hall–Kier alpha value is -2.47. The van der Waals surface area contributed by atoms with Crippen LogP contribution in [0.25, 0.3) is 11.0 Å². The van der Waals surface area contributed by atoms with Gasteiger partial charge in [-0.15, -0.1) is 0 Å². The summed E-state index contributed by atoms with van der Waals surface area (Å²) < 4.78 is 0. The van der Waals surface area contributed by atoms with Crippen molar-refractivity contribution in [2.45, 2.75) is 17.3 Å². The third-order valence-corrected chi connectivity index (χ3v) is 4.66. The lowest BCUT2D eigenvalue weighted by molar-refractivity contribution is -0.115. The summed E-state index contributed by atoms with van der Waals surface area (Å²) in [7, 11) is 3.97. The van der Waals surface area contributed by atoms with Crippen LogP contribution in [0.1, 0.15) is 6.92 Å². The number of fused-ring (bicyclic) bond motifs is 1. The zero-order valence-corrected chi connectivity index (χ0v) is 14.7. The lowest BCUT2D eigenvalue weighted by Gasteiger charge is -2.14. The second kappa shape index (κ2) is 6.97. The molecule has 124 valence electrons. The Kier molecular flexibility index (Phi) is 4.76. The van der Waals surface area contributed by atoms with Gasteiger partial charge in [0.15, 0.2) is 5.16 Å². The smallest absolute Gasteiger partial charge is 0.237 e. The highest BCUT2D eigenvalue weighted by Gasteiger charge is 2.16.